The highest BCUT2D eigenvalue weighted by Crippen LogP contribution is 2.59. The molecule has 6 heterocycles. The van der Waals surface area contributed by atoms with E-state index in [-0.39, 0.29) is 28.0 Å². The normalized spacial score (nSPS) is 36.4. The van der Waals surface area contributed by atoms with Gasteiger partial charge in [0.2, 0.25) is 5.91 Å². The van der Waals surface area contributed by atoms with Crippen molar-refractivity contribution >= 4 is 22.9 Å². The molecular weight excluding hydrogens is 386 g/mol. The molecule has 1 aromatic carbocycles. The van der Waals surface area contributed by atoms with Crippen molar-refractivity contribution in [3.8, 4) is 5.75 Å². The van der Waals surface area contributed by atoms with Gasteiger partial charge in [0.15, 0.2) is 0 Å². The van der Waals surface area contributed by atoms with Crippen molar-refractivity contribution in [3.63, 3.8) is 0 Å². The zero-order valence-corrected chi connectivity index (χ0v) is 18.9. The number of rotatable bonds is 0. The van der Waals surface area contributed by atoms with E-state index in [0.717, 1.165) is 50.1 Å². The van der Waals surface area contributed by atoms with Gasteiger partial charge in [-0.3, -0.25) is 9.69 Å². The Kier molecular flexibility index (Phi) is 3.07. The summed E-state index contributed by atoms with van der Waals surface area (Å²) in [6.45, 7) is 11.0. The van der Waals surface area contributed by atoms with Crippen LogP contribution in [0.3, 0.4) is 0 Å². The second kappa shape index (κ2) is 5.20. The Labute approximate surface area is 183 Å². The monoisotopic (exact) mass is 417 g/mol. The Bertz CT molecular complexity index is 1200. The SMILES string of the molecule is CC1(C)C=Cc2c(ccc3c4c([nH]c23)C(C)(C)C2CC35CCCN3CC2(C4)NC5=O)O1. The van der Waals surface area contributed by atoms with Crippen LogP contribution in [0.2, 0.25) is 0 Å². The zero-order chi connectivity index (χ0) is 21.4. The van der Waals surface area contributed by atoms with Gasteiger partial charge in [-0.2, -0.15) is 0 Å². The van der Waals surface area contributed by atoms with Crippen molar-refractivity contribution in [3.05, 3.63) is 35.0 Å². The fourth-order valence-electron chi connectivity index (χ4n) is 7.77. The Morgan fingerprint density at radius 3 is 2.87 bits per heavy atom. The van der Waals surface area contributed by atoms with E-state index < -0.39 is 0 Å². The number of benzene rings is 1. The van der Waals surface area contributed by atoms with Crippen LogP contribution < -0.4 is 10.1 Å². The van der Waals surface area contributed by atoms with E-state index in [2.05, 4.69) is 67.2 Å². The quantitative estimate of drug-likeness (QED) is 0.683. The smallest absolute Gasteiger partial charge is 0.241 e. The van der Waals surface area contributed by atoms with E-state index >= 15 is 0 Å². The van der Waals surface area contributed by atoms with Gasteiger partial charge >= 0.3 is 0 Å². The summed E-state index contributed by atoms with van der Waals surface area (Å²) < 4.78 is 6.25. The number of carbonyl (C=O) groups is 1. The van der Waals surface area contributed by atoms with Crippen LogP contribution in [-0.2, 0) is 16.6 Å². The number of piperidine rings is 2. The Morgan fingerprint density at radius 2 is 2.03 bits per heavy atom. The summed E-state index contributed by atoms with van der Waals surface area (Å²) in [5.41, 5.74) is 4.31. The number of nitrogens with zero attached hydrogens (tertiary/aromatic N) is 1. The van der Waals surface area contributed by atoms with Crippen LogP contribution in [0, 0.1) is 5.92 Å². The first-order valence-electron chi connectivity index (χ1n) is 11.8. The van der Waals surface area contributed by atoms with E-state index in [1.807, 2.05) is 0 Å². The number of aromatic amines is 1. The van der Waals surface area contributed by atoms with Crippen LogP contribution in [-0.4, -0.2) is 45.6 Å². The number of H-pyrrole nitrogens is 1. The first kappa shape index (κ1) is 18.3. The lowest BCUT2D eigenvalue weighted by Gasteiger charge is -2.65. The molecule has 8 rings (SSSR count). The molecule has 5 aliphatic heterocycles. The maximum Gasteiger partial charge on any atom is 0.241 e. The highest BCUT2D eigenvalue weighted by Gasteiger charge is 2.68. The number of ether oxygens (including phenoxy) is 1. The third kappa shape index (κ3) is 2.05. The summed E-state index contributed by atoms with van der Waals surface area (Å²) in [6, 6.07) is 4.35. The fourth-order valence-corrected chi connectivity index (χ4v) is 7.77. The number of hydrogen-bond donors (Lipinski definition) is 2. The molecule has 5 nitrogen and oxygen atoms in total. The molecule has 31 heavy (non-hydrogen) atoms. The lowest BCUT2D eigenvalue weighted by atomic mass is 9.51. The number of hydrogen-bond acceptors (Lipinski definition) is 3. The maximum absolute atomic E-state index is 13.3. The van der Waals surface area contributed by atoms with Crippen LogP contribution in [0.15, 0.2) is 18.2 Å². The van der Waals surface area contributed by atoms with Crippen molar-refractivity contribution in [2.24, 2.45) is 5.92 Å². The number of carbonyl (C=O) groups excluding carboxylic acids is 1. The van der Waals surface area contributed by atoms with E-state index in [4.69, 9.17) is 4.74 Å². The molecule has 4 saturated heterocycles. The minimum Gasteiger partial charge on any atom is -0.483 e. The summed E-state index contributed by atoms with van der Waals surface area (Å²) in [6.07, 6.45) is 8.39. The third-order valence-corrected chi connectivity index (χ3v) is 9.21. The molecule has 2 spiro atoms. The van der Waals surface area contributed by atoms with Crippen molar-refractivity contribution in [2.75, 3.05) is 13.1 Å². The van der Waals surface area contributed by atoms with Gasteiger partial charge in [0.05, 0.1) is 11.1 Å². The summed E-state index contributed by atoms with van der Waals surface area (Å²) >= 11 is 0. The van der Waals surface area contributed by atoms with Gasteiger partial charge in [-0.05, 0) is 81.8 Å². The fraction of sp³-hybridized carbons (Fsp3) is 0.577. The van der Waals surface area contributed by atoms with Crippen LogP contribution >= 0.6 is 0 Å². The summed E-state index contributed by atoms with van der Waals surface area (Å²) in [7, 11) is 0. The standard InChI is InChI=1S/C26H31N3O2/c1-23(2)10-8-16-18(31-23)7-6-15-17-12-25-14-29-11-5-9-26(29,22(30)28-25)13-19(25)24(3,4)21(17)27-20(15)16/h6-8,10,19,27H,5,9,11-14H2,1-4H3,(H,28,30). The number of nitrogens with one attached hydrogen (secondary N) is 2. The van der Waals surface area contributed by atoms with Crippen LogP contribution in [0.5, 0.6) is 5.75 Å². The summed E-state index contributed by atoms with van der Waals surface area (Å²) in [5, 5.41) is 4.86. The second-order valence-corrected chi connectivity index (χ2v) is 11.7. The predicted molar refractivity (Wildman–Crippen MR) is 121 cm³/mol. The second-order valence-electron chi connectivity index (χ2n) is 11.7. The topological polar surface area (TPSA) is 57.4 Å². The summed E-state index contributed by atoms with van der Waals surface area (Å²) in [5.74, 6) is 1.66. The van der Waals surface area contributed by atoms with Crippen LogP contribution in [0.1, 0.15) is 63.8 Å². The van der Waals surface area contributed by atoms with E-state index in [0.29, 0.717) is 5.92 Å². The van der Waals surface area contributed by atoms with Crippen molar-refractivity contribution in [2.45, 2.75) is 75.5 Å². The maximum atomic E-state index is 13.3. The first-order chi connectivity index (χ1) is 14.7. The highest BCUT2D eigenvalue weighted by molar-refractivity contribution is 5.96. The third-order valence-electron chi connectivity index (χ3n) is 9.21. The Morgan fingerprint density at radius 1 is 1.19 bits per heavy atom. The van der Waals surface area contributed by atoms with Crippen LogP contribution in [0.25, 0.3) is 17.0 Å². The highest BCUT2D eigenvalue weighted by atomic mass is 16.5. The van der Waals surface area contributed by atoms with Gasteiger partial charge < -0.3 is 15.0 Å². The molecule has 1 amide bonds. The average molecular weight is 418 g/mol. The average Bonchev–Trinajstić information content (AvgIpc) is 3.28. The minimum absolute atomic E-state index is 0.0343. The molecule has 0 radical (unpaired) electrons. The molecule has 1 aliphatic carbocycles. The van der Waals surface area contributed by atoms with Crippen molar-refractivity contribution in [1.82, 2.24) is 15.2 Å². The van der Waals surface area contributed by atoms with Gasteiger partial charge in [0, 0.05) is 28.6 Å². The predicted octanol–water partition coefficient (Wildman–Crippen LogP) is 3.91. The largest absolute Gasteiger partial charge is 0.483 e. The zero-order valence-electron chi connectivity index (χ0n) is 18.9. The molecule has 5 heteroatoms. The lowest BCUT2D eigenvalue weighted by Crippen LogP contribution is -2.82. The number of fused-ring (bicyclic) bond motifs is 6. The molecule has 1 aromatic heterocycles. The van der Waals surface area contributed by atoms with Gasteiger partial charge in [0.1, 0.15) is 16.9 Å². The molecule has 2 bridgehead atoms. The minimum atomic E-state index is -0.283. The van der Waals surface area contributed by atoms with Gasteiger partial charge in [0.25, 0.3) is 0 Å². The molecule has 2 N–H and O–H groups in total. The molecule has 3 unspecified atom stereocenters. The Hall–Kier alpha value is -2.27. The van der Waals surface area contributed by atoms with Gasteiger partial charge in [-0.15, -0.1) is 0 Å². The number of amides is 1. The molecular formula is C26H31N3O2. The molecule has 162 valence electrons. The summed E-state index contributed by atoms with van der Waals surface area (Å²) in [4.78, 5) is 19.7. The molecule has 2 aromatic rings. The lowest BCUT2D eigenvalue weighted by molar-refractivity contribution is -0.160. The Balaban J connectivity index is 1.43. The van der Waals surface area contributed by atoms with Crippen molar-refractivity contribution < 1.29 is 9.53 Å². The van der Waals surface area contributed by atoms with E-state index in [1.165, 1.54) is 22.2 Å². The van der Waals surface area contributed by atoms with E-state index in [1.54, 1.807) is 0 Å². The molecule has 4 fully saturated rings. The molecule has 3 atom stereocenters. The van der Waals surface area contributed by atoms with Gasteiger partial charge in [-0.1, -0.05) is 13.8 Å². The first-order valence-corrected chi connectivity index (χ1v) is 11.8. The van der Waals surface area contributed by atoms with Crippen LogP contribution in [0.4, 0.5) is 0 Å². The van der Waals surface area contributed by atoms with Gasteiger partial charge in [-0.25, -0.2) is 0 Å². The molecule has 0 saturated carbocycles. The molecule has 6 aliphatic rings. The number of aromatic nitrogens is 1. The van der Waals surface area contributed by atoms with E-state index in [9.17, 15) is 4.79 Å². The number of piperazine rings is 1. The van der Waals surface area contributed by atoms with Crippen molar-refractivity contribution in [1.29, 1.82) is 0 Å².